The van der Waals surface area contributed by atoms with Gasteiger partial charge in [-0.1, -0.05) is 25.3 Å². The highest BCUT2D eigenvalue weighted by atomic mass is 16.3. The Morgan fingerprint density at radius 2 is 2.14 bits per heavy atom. The van der Waals surface area contributed by atoms with Gasteiger partial charge in [0.1, 0.15) is 5.75 Å². The predicted molar refractivity (Wildman–Crippen MR) is 110 cm³/mol. The number of likely N-dealkylation sites (tertiary alicyclic amines) is 1. The second-order valence-electron chi connectivity index (χ2n) is 7.18. The van der Waals surface area contributed by atoms with Gasteiger partial charge in [-0.05, 0) is 43.2 Å². The van der Waals surface area contributed by atoms with Crippen LogP contribution in [0.2, 0.25) is 0 Å². The number of phenolic OH excluding ortho intramolecular Hbond substituents is 1. The van der Waals surface area contributed by atoms with Gasteiger partial charge in [0.2, 0.25) is 5.91 Å². The number of carbonyl (C=O) groups is 1. The number of aromatic amines is 1. The van der Waals surface area contributed by atoms with Gasteiger partial charge >= 0.3 is 0 Å². The summed E-state index contributed by atoms with van der Waals surface area (Å²) in [4.78, 5) is 17.2. The molecule has 1 unspecified atom stereocenters. The molecule has 1 saturated heterocycles. The molecule has 0 aliphatic carbocycles. The third-order valence-corrected chi connectivity index (χ3v) is 5.28. The first kappa shape index (κ1) is 18.0. The zero-order valence-electron chi connectivity index (χ0n) is 15.8. The number of para-hydroxylation sites is 1. The Morgan fingerprint density at radius 3 is 2.86 bits per heavy atom. The molecule has 4 rings (SSSR count). The predicted octanol–water partition coefficient (Wildman–Crippen LogP) is 3.87. The number of aromatic hydroxyl groups is 1. The van der Waals surface area contributed by atoms with E-state index in [0.29, 0.717) is 30.0 Å². The molecule has 0 saturated carbocycles. The average molecular weight is 374 g/mol. The second-order valence-corrected chi connectivity index (χ2v) is 7.18. The van der Waals surface area contributed by atoms with Crippen LogP contribution in [0.3, 0.4) is 0 Å². The van der Waals surface area contributed by atoms with E-state index in [4.69, 9.17) is 0 Å². The van der Waals surface area contributed by atoms with Gasteiger partial charge in [-0.3, -0.25) is 4.79 Å². The van der Waals surface area contributed by atoms with E-state index in [9.17, 15) is 9.90 Å². The summed E-state index contributed by atoms with van der Waals surface area (Å²) in [6.45, 7) is 11.0. The first-order valence-electron chi connectivity index (χ1n) is 9.24. The molecule has 2 aromatic heterocycles. The zero-order valence-corrected chi connectivity index (χ0v) is 15.8. The lowest BCUT2D eigenvalue weighted by Crippen LogP contribution is -2.26. The number of allylic oxidation sites excluding steroid dienone is 1. The summed E-state index contributed by atoms with van der Waals surface area (Å²) in [5.74, 6) is 0.300. The standard InChI is InChI=1S/C22H22N4O2/c1-4-19(28)26-10-9-14(12-26)21-20(13(2)3)16-11-17(24-25-22(16)23-21)15-7-5-6-8-18(15)27/h4-8,11,14,27H,1-2,9-10,12H2,3H3,(H,23,25). The highest BCUT2D eigenvalue weighted by Crippen LogP contribution is 2.37. The monoisotopic (exact) mass is 374 g/mol. The topological polar surface area (TPSA) is 82.1 Å². The summed E-state index contributed by atoms with van der Waals surface area (Å²) >= 11 is 0. The molecule has 28 heavy (non-hydrogen) atoms. The number of nitrogens with zero attached hydrogens (tertiary/aromatic N) is 3. The van der Waals surface area contributed by atoms with Gasteiger partial charge in [-0.25, -0.2) is 0 Å². The quantitative estimate of drug-likeness (QED) is 0.679. The lowest BCUT2D eigenvalue weighted by Gasteiger charge is -2.15. The molecular formula is C22H22N4O2. The van der Waals surface area contributed by atoms with E-state index < -0.39 is 0 Å². The number of hydrogen-bond donors (Lipinski definition) is 2. The van der Waals surface area contributed by atoms with Crippen molar-refractivity contribution >= 4 is 22.5 Å². The Labute approximate surface area is 163 Å². The summed E-state index contributed by atoms with van der Waals surface area (Å²) in [6, 6.07) is 9.01. The minimum absolute atomic E-state index is 0.0443. The summed E-state index contributed by atoms with van der Waals surface area (Å²) < 4.78 is 0. The van der Waals surface area contributed by atoms with Gasteiger partial charge < -0.3 is 15.0 Å². The summed E-state index contributed by atoms with van der Waals surface area (Å²) in [5, 5.41) is 19.7. The number of amides is 1. The Kier molecular flexibility index (Phi) is 4.47. The van der Waals surface area contributed by atoms with E-state index in [2.05, 4.69) is 28.3 Å². The molecule has 0 bridgehead atoms. The van der Waals surface area contributed by atoms with Crippen molar-refractivity contribution in [2.75, 3.05) is 13.1 Å². The van der Waals surface area contributed by atoms with Gasteiger partial charge in [0.15, 0.2) is 5.65 Å². The van der Waals surface area contributed by atoms with Crippen molar-refractivity contribution in [3.8, 4) is 17.0 Å². The lowest BCUT2D eigenvalue weighted by molar-refractivity contribution is -0.125. The molecule has 1 aliphatic heterocycles. The number of hydrogen-bond acceptors (Lipinski definition) is 4. The van der Waals surface area contributed by atoms with Crippen molar-refractivity contribution in [2.24, 2.45) is 0 Å². The van der Waals surface area contributed by atoms with Crippen LogP contribution in [0.5, 0.6) is 5.75 Å². The lowest BCUT2D eigenvalue weighted by atomic mass is 9.96. The maximum Gasteiger partial charge on any atom is 0.245 e. The third kappa shape index (κ3) is 2.97. The number of rotatable bonds is 4. The Bertz CT molecular complexity index is 1100. The van der Waals surface area contributed by atoms with Gasteiger partial charge in [0.25, 0.3) is 0 Å². The van der Waals surface area contributed by atoms with Crippen LogP contribution in [0.1, 0.15) is 30.5 Å². The minimum atomic E-state index is -0.0443. The van der Waals surface area contributed by atoms with Crippen molar-refractivity contribution in [2.45, 2.75) is 19.3 Å². The smallest absolute Gasteiger partial charge is 0.245 e. The first-order chi connectivity index (χ1) is 13.5. The van der Waals surface area contributed by atoms with Crippen molar-refractivity contribution in [3.05, 3.63) is 60.8 Å². The highest BCUT2D eigenvalue weighted by Gasteiger charge is 2.30. The fourth-order valence-corrected chi connectivity index (χ4v) is 3.92. The van der Waals surface area contributed by atoms with E-state index in [-0.39, 0.29) is 17.6 Å². The van der Waals surface area contributed by atoms with Crippen LogP contribution >= 0.6 is 0 Å². The first-order valence-corrected chi connectivity index (χ1v) is 9.24. The maximum atomic E-state index is 11.9. The van der Waals surface area contributed by atoms with Gasteiger partial charge in [-0.2, -0.15) is 0 Å². The molecule has 2 N–H and O–H groups in total. The molecule has 1 fully saturated rings. The number of aromatic nitrogens is 3. The van der Waals surface area contributed by atoms with Gasteiger partial charge in [0, 0.05) is 41.2 Å². The number of fused-ring (bicyclic) bond motifs is 1. The highest BCUT2D eigenvalue weighted by molar-refractivity contribution is 5.94. The molecule has 3 heterocycles. The van der Waals surface area contributed by atoms with E-state index in [0.717, 1.165) is 28.6 Å². The Balaban J connectivity index is 1.80. The molecule has 1 amide bonds. The van der Waals surface area contributed by atoms with Crippen LogP contribution < -0.4 is 0 Å². The fraction of sp³-hybridized carbons (Fsp3) is 0.227. The molecule has 3 aromatic rings. The fourth-order valence-electron chi connectivity index (χ4n) is 3.92. The average Bonchev–Trinajstić information content (AvgIpc) is 3.31. The van der Waals surface area contributed by atoms with Crippen molar-refractivity contribution in [3.63, 3.8) is 0 Å². The van der Waals surface area contributed by atoms with Crippen LogP contribution in [0.4, 0.5) is 0 Å². The number of nitrogens with one attached hydrogen (secondary N) is 1. The van der Waals surface area contributed by atoms with E-state index in [1.54, 1.807) is 12.1 Å². The van der Waals surface area contributed by atoms with Crippen LogP contribution in [-0.2, 0) is 4.79 Å². The molecule has 1 aromatic carbocycles. The number of H-pyrrole nitrogens is 1. The van der Waals surface area contributed by atoms with Gasteiger partial charge in [0.05, 0.1) is 5.69 Å². The molecule has 6 nitrogen and oxygen atoms in total. The van der Waals surface area contributed by atoms with Crippen LogP contribution in [0, 0.1) is 0 Å². The molecule has 142 valence electrons. The van der Waals surface area contributed by atoms with E-state index >= 15 is 0 Å². The summed E-state index contributed by atoms with van der Waals surface area (Å²) in [7, 11) is 0. The number of benzene rings is 1. The third-order valence-electron chi connectivity index (χ3n) is 5.28. The summed E-state index contributed by atoms with van der Waals surface area (Å²) in [6.07, 6.45) is 2.23. The van der Waals surface area contributed by atoms with E-state index in [1.165, 1.54) is 6.08 Å². The minimum Gasteiger partial charge on any atom is -0.507 e. The normalized spacial score (nSPS) is 16.5. The van der Waals surface area contributed by atoms with Crippen molar-refractivity contribution < 1.29 is 9.90 Å². The zero-order chi connectivity index (χ0) is 19.8. The molecule has 0 radical (unpaired) electrons. The second kappa shape index (κ2) is 6.96. The largest absolute Gasteiger partial charge is 0.507 e. The maximum absolute atomic E-state index is 11.9. The van der Waals surface area contributed by atoms with Crippen molar-refractivity contribution in [1.82, 2.24) is 20.1 Å². The number of carbonyl (C=O) groups excluding carboxylic acids is 1. The van der Waals surface area contributed by atoms with Crippen LogP contribution in [0.25, 0.3) is 27.9 Å². The molecule has 1 atom stereocenters. The van der Waals surface area contributed by atoms with Crippen molar-refractivity contribution in [1.29, 1.82) is 0 Å². The molecule has 6 heteroatoms. The summed E-state index contributed by atoms with van der Waals surface area (Å²) in [5.41, 5.74) is 4.89. The molecule has 0 spiro atoms. The van der Waals surface area contributed by atoms with Crippen LogP contribution in [-0.4, -0.2) is 44.2 Å². The molecule has 1 aliphatic rings. The van der Waals surface area contributed by atoms with E-state index in [1.807, 2.05) is 30.0 Å². The Morgan fingerprint density at radius 1 is 1.36 bits per heavy atom. The SMILES string of the molecule is C=CC(=O)N1CCC(c2[nH]c3nnc(-c4ccccc4O)cc3c2C(=C)C)C1. The van der Waals surface area contributed by atoms with Crippen LogP contribution in [0.15, 0.2) is 49.6 Å². The molecular weight excluding hydrogens is 352 g/mol. The number of phenols is 1. The van der Waals surface area contributed by atoms with Gasteiger partial charge in [-0.15, -0.1) is 10.2 Å². The Hall–Kier alpha value is -3.41.